The van der Waals surface area contributed by atoms with Gasteiger partial charge in [0.2, 0.25) is 0 Å². The SMILES string of the molecule is CCC(Cl)=CCN(CC)Cc1cccc(O)c1. The van der Waals surface area contributed by atoms with E-state index in [4.69, 9.17) is 11.6 Å². The van der Waals surface area contributed by atoms with Crippen molar-refractivity contribution in [3.8, 4) is 5.75 Å². The maximum atomic E-state index is 9.40. The Bertz CT molecular complexity index is 376. The van der Waals surface area contributed by atoms with E-state index >= 15 is 0 Å². The summed E-state index contributed by atoms with van der Waals surface area (Å²) < 4.78 is 0. The van der Waals surface area contributed by atoms with Crippen molar-refractivity contribution in [2.45, 2.75) is 26.8 Å². The summed E-state index contributed by atoms with van der Waals surface area (Å²) in [6.45, 7) is 6.80. The molecule has 0 spiro atoms. The number of likely N-dealkylation sites (N-methyl/N-ethyl adjacent to an activating group) is 1. The van der Waals surface area contributed by atoms with Crippen LogP contribution in [0.15, 0.2) is 35.4 Å². The molecule has 0 bridgehead atoms. The van der Waals surface area contributed by atoms with Crippen molar-refractivity contribution < 1.29 is 5.11 Å². The highest BCUT2D eigenvalue weighted by molar-refractivity contribution is 6.29. The second kappa shape index (κ2) is 7.36. The van der Waals surface area contributed by atoms with E-state index in [9.17, 15) is 5.11 Å². The normalized spacial score (nSPS) is 12.1. The Balaban J connectivity index is 2.58. The minimum atomic E-state index is 0.320. The molecular formula is C14H20ClNO. The second-order valence-corrected chi connectivity index (χ2v) is 4.49. The van der Waals surface area contributed by atoms with E-state index in [1.165, 1.54) is 0 Å². The summed E-state index contributed by atoms with van der Waals surface area (Å²) in [7, 11) is 0. The van der Waals surface area contributed by atoms with E-state index in [-0.39, 0.29) is 0 Å². The van der Waals surface area contributed by atoms with Crippen LogP contribution in [0.25, 0.3) is 0 Å². The summed E-state index contributed by atoms with van der Waals surface area (Å²) in [5, 5.41) is 10.3. The van der Waals surface area contributed by atoms with Crippen molar-refractivity contribution in [3.63, 3.8) is 0 Å². The molecule has 0 aliphatic rings. The molecule has 0 amide bonds. The van der Waals surface area contributed by atoms with Crippen LogP contribution in [0.1, 0.15) is 25.8 Å². The Morgan fingerprint density at radius 1 is 1.41 bits per heavy atom. The molecule has 0 fully saturated rings. The fraction of sp³-hybridized carbons (Fsp3) is 0.429. The van der Waals surface area contributed by atoms with Gasteiger partial charge in [-0.15, -0.1) is 0 Å². The molecule has 17 heavy (non-hydrogen) atoms. The van der Waals surface area contributed by atoms with Crippen LogP contribution in [0.3, 0.4) is 0 Å². The van der Waals surface area contributed by atoms with Gasteiger partial charge in [-0.1, -0.05) is 43.7 Å². The molecule has 1 rings (SSSR count). The molecule has 0 saturated heterocycles. The van der Waals surface area contributed by atoms with Crippen molar-refractivity contribution in [2.75, 3.05) is 13.1 Å². The van der Waals surface area contributed by atoms with Crippen molar-refractivity contribution in [1.82, 2.24) is 4.90 Å². The van der Waals surface area contributed by atoms with Crippen LogP contribution in [-0.4, -0.2) is 23.1 Å². The first kappa shape index (κ1) is 14.1. The van der Waals surface area contributed by atoms with Crippen LogP contribution in [-0.2, 0) is 6.54 Å². The monoisotopic (exact) mass is 253 g/mol. The summed E-state index contributed by atoms with van der Waals surface area (Å²) in [6, 6.07) is 7.38. The van der Waals surface area contributed by atoms with Gasteiger partial charge in [0.25, 0.3) is 0 Å². The van der Waals surface area contributed by atoms with E-state index in [1.54, 1.807) is 12.1 Å². The first-order valence-electron chi connectivity index (χ1n) is 6.00. The van der Waals surface area contributed by atoms with Crippen molar-refractivity contribution in [3.05, 3.63) is 40.9 Å². The molecule has 0 aliphatic heterocycles. The lowest BCUT2D eigenvalue weighted by atomic mass is 10.2. The molecule has 0 radical (unpaired) electrons. The Labute approximate surface area is 109 Å². The molecule has 94 valence electrons. The third-order valence-corrected chi connectivity index (χ3v) is 3.09. The maximum Gasteiger partial charge on any atom is 0.115 e. The molecule has 0 aliphatic carbocycles. The average molecular weight is 254 g/mol. The number of nitrogens with zero attached hydrogens (tertiary/aromatic N) is 1. The number of rotatable bonds is 6. The lowest BCUT2D eigenvalue weighted by molar-refractivity contribution is 0.310. The second-order valence-electron chi connectivity index (χ2n) is 4.00. The van der Waals surface area contributed by atoms with Gasteiger partial charge in [-0.05, 0) is 30.7 Å². The summed E-state index contributed by atoms with van der Waals surface area (Å²) in [5.41, 5.74) is 1.12. The van der Waals surface area contributed by atoms with Crippen molar-refractivity contribution in [2.24, 2.45) is 0 Å². The van der Waals surface area contributed by atoms with Crippen LogP contribution < -0.4 is 0 Å². The van der Waals surface area contributed by atoms with Crippen LogP contribution in [0, 0.1) is 0 Å². The quantitative estimate of drug-likeness (QED) is 0.835. The summed E-state index contributed by atoms with van der Waals surface area (Å²) in [5.74, 6) is 0.320. The van der Waals surface area contributed by atoms with E-state index in [0.29, 0.717) is 5.75 Å². The van der Waals surface area contributed by atoms with Gasteiger partial charge in [0.1, 0.15) is 5.75 Å². The lowest BCUT2D eigenvalue weighted by Crippen LogP contribution is -2.22. The highest BCUT2D eigenvalue weighted by atomic mass is 35.5. The Hall–Kier alpha value is -0.990. The largest absolute Gasteiger partial charge is 0.508 e. The number of benzene rings is 1. The van der Waals surface area contributed by atoms with Crippen LogP contribution in [0.4, 0.5) is 0 Å². The standard InChI is InChI=1S/C14H20ClNO/c1-3-13(15)8-9-16(4-2)11-12-6-5-7-14(17)10-12/h5-8,10,17H,3-4,9,11H2,1-2H3. The van der Waals surface area contributed by atoms with Crippen molar-refractivity contribution >= 4 is 11.6 Å². The molecule has 2 nitrogen and oxygen atoms in total. The Kier molecular flexibility index (Phi) is 6.09. The van der Waals surface area contributed by atoms with Crippen LogP contribution in [0.2, 0.25) is 0 Å². The number of hydrogen-bond acceptors (Lipinski definition) is 2. The molecule has 1 aromatic carbocycles. The van der Waals surface area contributed by atoms with Gasteiger partial charge in [-0.3, -0.25) is 4.90 Å². The van der Waals surface area contributed by atoms with Gasteiger partial charge in [0.15, 0.2) is 0 Å². The highest BCUT2D eigenvalue weighted by Gasteiger charge is 2.03. The predicted molar refractivity (Wildman–Crippen MR) is 73.3 cm³/mol. The van der Waals surface area contributed by atoms with E-state index in [2.05, 4.69) is 11.8 Å². The van der Waals surface area contributed by atoms with Gasteiger partial charge in [0.05, 0.1) is 0 Å². The summed E-state index contributed by atoms with van der Waals surface area (Å²) in [6.07, 6.45) is 2.93. The van der Waals surface area contributed by atoms with Gasteiger partial charge in [-0.25, -0.2) is 0 Å². The summed E-state index contributed by atoms with van der Waals surface area (Å²) >= 11 is 5.99. The molecule has 3 heteroatoms. The van der Waals surface area contributed by atoms with Gasteiger partial charge < -0.3 is 5.11 Å². The van der Waals surface area contributed by atoms with E-state index < -0.39 is 0 Å². The first-order chi connectivity index (χ1) is 8.15. The number of aromatic hydroxyl groups is 1. The third-order valence-electron chi connectivity index (χ3n) is 2.67. The average Bonchev–Trinajstić information content (AvgIpc) is 2.34. The zero-order valence-corrected chi connectivity index (χ0v) is 11.2. The zero-order valence-electron chi connectivity index (χ0n) is 10.5. The van der Waals surface area contributed by atoms with E-state index in [0.717, 1.165) is 36.7 Å². The summed E-state index contributed by atoms with van der Waals surface area (Å²) in [4.78, 5) is 2.27. The lowest BCUT2D eigenvalue weighted by Gasteiger charge is -2.18. The molecule has 0 heterocycles. The van der Waals surface area contributed by atoms with Crippen LogP contribution >= 0.6 is 11.6 Å². The first-order valence-corrected chi connectivity index (χ1v) is 6.38. The molecule has 0 aromatic heterocycles. The van der Waals surface area contributed by atoms with Gasteiger partial charge >= 0.3 is 0 Å². The number of halogens is 1. The Morgan fingerprint density at radius 3 is 2.76 bits per heavy atom. The minimum absolute atomic E-state index is 0.320. The molecule has 1 N–H and O–H groups in total. The number of phenols is 1. The molecule has 1 aromatic rings. The van der Waals surface area contributed by atoms with Gasteiger partial charge in [0, 0.05) is 18.1 Å². The molecular weight excluding hydrogens is 234 g/mol. The van der Waals surface area contributed by atoms with Crippen molar-refractivity contribution in [1.29, 1.82) is 0 Å². The fourth-order valence-corrected chi connectivity index (χ4v) is 1.66. The minimum Gasteiger partial charge on any atom is -0.508 e. The zero-order chi connectivity index (χ0) is 12.7. The number of allylic oxidation sites excluding steroid dienone is 1. The van der Waals surface area contributed by atoms with Crippen LogP contribution in [0.5, 0.6) is 5.75 Å². The topological polar surface area (TPSA) is 23.5 Å². The molecule has 0 saturated carbocycles. The highest BCUT2D eigenvalue weighted by Crippen LogP contribution is 2.13. The molecule has 0 unspecified atom stereocenters. The van der Waals surface area contributed by atoms with E-state index in [1.807, 2.05) is 25.1 Å². The predicted octanol–water partition coefficient (Wildman–Crippen LogP) is 3.75. The smallest absolute Gasteiger partial charge is 0.115 e. The maximum absolute atomic E-state index is 9.40. The number of hydrogen-bond donors (Lipinski definition) is 1. The Morgan fingerprint density at radius 2 is 2.18 bits per heavy atom. The molecule has 0 atom stereocenters. The number of phenolic OH excluding ortho intramolecular Hbond substituents is 1. The van der Waals surface area contributed by atoms with Gasteiger partial charge in [-0.2, -0.15) is 0 Å². The fourth-order valence-electron chi connectivity index (χ4n) is 1.59. The third kappa shape index (κ3) is 5.24.